The molecule has 0 fully saturated rings. The standard InChI is InChI=1S/C13H17BrO4/c1-13(2,7-12(15)16)8-5-10(17-3)11(18-4)6-9(8)14/h5-6H,7H2,1-4H3,(H,15,16). The second-order valence-corrected chi connectivity index (χ2v) is 5.50. The summed E-state index contributed by atoms with van der Waals surface area (Å²) in [4.78, 5) is 10.9. The van der Waals surface area contributed by atoms with Gasteiger partial charge in [0.2, 0.25) is 0 Å². The minimum Gasteiger partial charge on any atom is -0.493 e. The maximum atomic E-state index is 10.9. The van der Waals surface area contributed by atoms with Crippen LogP contribution < -0.4 is 9.47 Å². The Morgan fingerprint density at radius 1 is 1.28 bits per heavy atom. The molecule has 0 saturated carbocycles. The molecule has 0 aliphatic carbocycles. The summed E-state index contributed by atoms with van der Waals surface area (Å²) in [6.45, 7) is 3.76. The van der Waals surface area contributed by atoms with E-state index in [4.69, 9.17) is 14.6 Å². The summed E-state index contributed by atoms with van der Waals surface area (Å²) in [7, 11) is 3.12. The molecule has 100 valence electrons. The zero-order chi connectivity index (χ0) is 13.9. The normalized spacial score (nSPS) is 11.2. The van der Waals surface area contributed by atoms with Gasteiger partial charge in [0.15, 0.2) is 11.5 Å². The van der Waals surface area contributed by atoms with Crippen LogP contribution in [-0.2, 0) is 10.2 Å². The van der Waals surface area contributed by atoms with Gasteiger partial charge in [-0.25, -0.2) is 0 Å². The molecule has 0 saturated heterocycles. The van der Waals surface area contributed by atoms with E-state index in [0.29, 0.717) is 11.5 Å². The molecule has 5 heteroatoms. The third-order valence-electron chi connectivity index (χ3n) is 2.80. The van der Waals surface area contributed by atoms with Crippen LogP contribution in [0.5, 0.6) is 11.5 Å². The minimum atomic E-state index is -0.832. The smallest absolute Gasteiger partial charge is 0.304 e. The lowest BCUT2D eigenvalue weighted by Gasteiger charge is -2.25. The first-order chi connectivity index (χ1) is 8.31. The van der Waals surface area contributed by atoms with E-state index in [9.17, 15) is 4.79 Å². The molecule has 0 atom stereocenters. The van der Waals surface area contributed by atoms with Gasteiger partial charge >= 0.3 is 5.97 Å². The highest BCUT2D eigenvalue weighted by Gasteiger charge is 2.27. The van der Waals surface area contributed by atoms with Crippen molar-refractivity contribution < 1.29 is 19.4 Å². The fourth-order valence-corrected chi connectivity index (χ4v) is 2.71. The van der Waals surface area contributed by atoms with E-state index in [1.165, 1.54) is 0 Å². The average molecular weight is 317 g/mol. The van der Waals surface area contributed by atoms with Crippen LogP contribution in [0.15, 0.2) is 16.6 Å². The molecule has 0 aliphatic rings. The number of hydrogen-bond donors (Lipinski definition) is 1. The summed E-state index contributed by atoms with van der Waals surface area (Å²) in [5, 5.41) is 8.96. The highest BCUT2D eigenvalue weighted by Crippen LogP contribution is 2.40. The summed E-state index contributed by atoms with van der Waals surface area (Å²) in [6.07, 6.45) is 0.0427. The molecular weight excluding hydrogens is 300 g/mol. The maximum absolute atomic E-state index is 10.9. The van der Waals surface area contributed by atoms with E-state index in [-0.39, 0.29) is 6.42 Å². The van der Waals surface area contributed by atoms with E-state index in [1.807, 2.05) is 19.9 Å². The van der Waals surface area contributed by atoms with Crippen LogP contribution in [0.4, 0.5) is 0 Å². The first-order valence-electron chi connectivity index (χ1n) is 5.45. The molecule has 0 heterocycles. The quantitative estimate of drug-likeness (QED) is 0.906. The SMILES string of the molecule is COc1cc(Br)c(C(C)(C)CC(=O)O)cc1OC. The summed E-state index contributed by atoms with van der Waals surface area (Å²) in [5.74, 6) is 0.370. The van der Waals surface area contributed by atoms with Crippen LogP contribution >= 0.6 is 15.9 Å². The van der Waals surface area contributed by atoms with Crippen molar-refractivity contribution in [2.45, 2.75) is 25.7 Å². The van der Waals surface area contributed by atoms with Gasteiger partial charge in [0.1, 0.15) is 0 Å². The van der Waals surface area contributed by atoms with Crippen LogP contribution in [0.2, 0.25) is 0 Å². The van der Waals surface area contributed by atoms with Gasteiger partial charge in [-0.3, -0.25) is 4.79 Å². The topological polar surface area (TPSA) is 55.8 Å². The van der Waals surface area contributed by atoms with Gasteiger partial charge in [0.05, 0.1) is 20.6 Å². The number of halogens is 1. The van der Waals surface area contributed by atoms with Gasteiger partial charge in [-0.1, -0.05) is 29.8 Å². The average Bonchev–Trinajstić information content (AvgIpc) is 2.26. The predicted molar refractivity (Wildman–Crippen MR) is 72.5 cm³/mol. The molecule has 1 aromatic rings. The van der Waals surface area contributed by atoms with Gasteiger partial charge in [-0.15, -0.1) is 0 Å². The first kappa shape index (κ1) is 14.8. The van der Waals surface area contributed by atoms with E-state index >= 15 is 0 Å². The maximum Gasteiger partial charge on any atom is 0.304 e. The number of hydrogen-bond acceptors (Lipinski definition) is 3. The minimum absolute atomic E-state index is 0.0427. The number of carbonyl (C=O) groups is 1. The van der Waals surface area contributed by atoms with Crippen molar-refractivity contribution >= 4 is 21.9 Å². The van der Waals surface area contributed by atoms with Crippen LogP contribution in [0.3, 0.4) is 0 Å². The summed E-state index contributed by atoms with van der Waals surface area (Å²) >= 11 is 3.45. The molecule has 0 bridgehead atoms. The molecule has 0 spiro atoms. The van der Waals surface area contributed by atoms with E-state index in [2.05, 4.69) is 15.9 Å². The largest absolute Gasteiger partial charge is 0.493 e. The Balaban J connectivity index is 3.28. The van der Waals surface area contributed by atoms with Gasteiger partial charge in [-0.05, 0) is 17.7 Å². The Morgan fingerprint density at radius 2 is 1.78 bits per heavy atom. The zero-order valence-corrected chi connectivity index (χ0v) is 12.5. The van der Waals surface area contributed by atoms with Crippen molar-refractivity contribution in [1.29, 1.82) is 0 Å². The van der Waals surface area contributed by atoms with Crippen molar-refractivity contribution in [2.75, 3.05) is 14.2 Å². The van der Waals surface area contributed by atoms with Crippen molar-refractivity contribution in [3.63, 3.8) is 0 Å². The third kappa shape index (κ3) is 3.16. The monoisotopic (exact) mass is 316 g/mol. The van der Waals surface area contributed by atoms with Crippen LogP contribution in [-0.4, -0.2) is 25.3 Å². The molecule has 0 amide bonds. The Morgan fingerprint density at radius 3 is 2.22 bits per heavy atom. The lowest BCUT2D eigenvalue weighted by atomic mass is 9.81. The predicted octanol–water partition coefficient (Wildman–Crippen LogP) is 3.22. The second kappa shape index (κ2) is 5.61. The molecule has 1 aromatic carbocycles. The Kier molecular flexibility index (Phi) is 4.62. The van der Waals surface area contributed by atoms with Crippen molar-refractivity contribution in [3.05, 3.63) is 22.2 Å². The Hall–Kier alpha value is -1.23. The lowest BCUT2D eigenvalue weighted by molar-refractivity contribution is -0.138. The fraction of sp³-hybridized carbons (Fsp3) is 0.462. The van der Waals surface area contributed by atoms with E-state index < -0.39 is 11.4 Å². The number of ether oxygens (including phenoxy) is 2. The molecular formula is C13H17BrO4. The molecule has 18 heavy (non-hydrogen) atoms. The third-order valence-corrected chi connectivity index (χ3v) is 3.45. The molecule has 0 unspecified atom stereocenters. The van der Waals surface area contributed by atoms with E-state index in [0.717, 1.165) is 10.0 Å². The molecule has 1 N–H and O–H groups in total. The summed E-state index contributed by atoms with van der Waals surface area (Å²) in [6, 6.07) is 3.60. The molecule has 4 nitrogen and oxygen atoms in total. The highest BCUT2D eigenvalue weighted by molar-refractivity contribution is 9.10. The van der Waals surface area contributed by atoms with Crippen molar-refractivity contribution in [1.82, 2.24) is 0 Å². The number of methoxy groups -OCH3 is 2. The molecule has 0 radical (unpaired) electrons. The molecule has 0 aliphatic heterocycles. The lowest BCUT2D eigenvalue weighted by Crippen LogP contribution is -2.22. The van der Waals surface area contributed by atoms with E-state index in [1.54, 1.807) is 20.3 Å². The van der Waals surface area contributed by atoms with Crippen molar-refractivity contribution in [3.8, 4) is 11.5 Å². The number of carboxylic acids is 1. The highest BCUT2D eigenvalue weighted by atomic mass is 79.9. The van der Waals surface area contributed by atoms with Crippen molar-refractivity contribution in [2.24, 2.45) is 0 Å². The second-order valence-electron chi connectivity index (χ2n) is 4.64. The number of rotatable bonds is 5. The van der Waals surface area contributed by atoms with Crippen LogP contribution in [0.1, 0.15) is 25.8 Å². The first-order valence-corrected chi connectivity index (χ1v) is 6.25. The van der Waals surface area contributed by atoms with Crippen LogP contribution in [0, 0.1) is 0 Å². The summed E-state index contributed by atoms with van der Waals surface area (Å²) in [5.41, 5.74) is 0.382. The molecule has 1 rings (SSSR count). The number of aliphatic carboxylic acids is 1. The van der Waals surface area contributed by atoms with Gasteiger partial charge in [-0.2, -0.15) is 0 Å². The van der Waals surface area contributed by atoms with Gasteiger partial charge < -0.3 is 14.6 Å². The van der Waals surface area contributed by atoms with Crippen LogP contribution in [0.25, 0.3) is 0 Å². The number of benzene rings is 1. The summed E-state index contributed by atoms with van der Waals surface area (Å²) < 4.78 is 11.2. The van der Waals surface area contributed by atoms with Gasteiger partial charge in [0, 0.05) is 9.89 Å². The zero-order valence-electron chi connectivity index (χ0n) is 10.9. The molecule has 0 aromatic heterocycles. The fourth-order valence-electron chi connectivity index (χ4n) is 1.85. The Bertz CT molecular complexity index is 455. The van der Waals surface area contributed by atoms with Gasteiger partial charge in [0.25, 0.3) is 0 Å². The Labute approximate surface area is 115 Å². The number of carboxylic acid groups (broad SMARTS) is 1.